The predicted octanol–water partition coefficient (Wildman–Crippen LogP) is 5.97. The van der Waals surface area contributed by atoms with Crippen LogP contribution in [0.4, 0.5) is 11.5 Å². The Hall–Kier alpha value is -4.07. The van der Waals surface area contributed by atoms with Gasteiger partial charge in [0.1, 0.15) is 5.82 Å². The predicted molar refractivity (Wildman–Crippen MR) is 151 cm³/mol. The summed E-state index contributed by atoms with van der Waals surface area (Å²) in [5, 5.41) is 17.8. The highest BCUT2D eigenvalue weighted by Crippen LogP contribution is 2.34. The molecule has 0 unspecified atom stereocenters. The minimum absolute atomic E-state index is 0.0527. The lowest BCUT2D eigenvalue weighted by Crippen LogP contribution is -2.38. The van der Waals surface area contributed by atoms with Crippen LogP contribution in [-0.2, 0) is 11.2 Å². The van der Waals surface area contributed by atoms with Crippen LogP contribution in [0.25, 0.3) is 22.6 Å². The molecule has 0 bridgehead atoms. The van der Waals surface area contributed by atoms with Gasteiger partial charge in [0.25, 0.3) is 0 Å². The number of hydrogen-bond donors (Lipinski definition) is 2. The van der Waals surface area contributed by atoms with Crippen LogP contribution in [0.15, 0.2) is 60.7 Å². The summed E-state index contributed by atoms with van der Waals surface area (Å²) in [4.78, 5) is 20.7. The van der Waals surface area contributed by atoms with Crippen LogP contribution in [0.5, 0.6) is 0 Å². The van der Waals surface area contributed by atoms with Gasteiger partial charge in [-0.25, -0.2) is 4.98 Å². The molecule has 0 saturated heterocycles. The van der Waals surface area contributed by atoms with Crippen LogP contribution in [0.2, 0.25) is 0 Å². The maximum Gasteiger partial charge on any atom is 0.228 e. The quantitative estimate of drug-likeness (QED) is 0.288. The molecule has 1 aliphatic carbocycles. The zero-order chi connectivity index (χ0) is 26.3. The second kappa shape index (κ2) is 12.0. The largest absolute Gasteiger partial charge is 0.354 e. The normalized spacial score (nSPS) is 13.8. The van der Waals surface area contributed by atoms with Crippen LogP contribution in [-0.4, -0.2) is 44.1 Å². The Morgan fingerprint density at radius 2 is 1.79 bits per heavy atom. The second-order valence-electron chi connectivity index (χ2n) is 10.1. The fraction of sp³-hybridized carbons (Fsp3) is 0.367. The summed E-state index contributed by atoms with van der Waals surface area (Å²) in [6.45, 7) is 5.17. The van der Waals surface area contributed by atoms with Crippen molar-refractivity contribution in [3.8, 4) is 22.6 Å². The molecule has 2 heterocycles. The summed E-state index contributed by atoms with van der Waals surface area (Å²) >= 11 is 0. The number of carbonyl (C=O) groups excluding carboxylic acids is 1. The third-order valence-corrected chi connectivity index (χ3v) is 7.14. The average molecular weight is 510 g/mol. The first-order chi connectivity index (χ1) is 18.6. The summed E-state index contributed by atoms with van der Waals surface area (Å²) in [7, 11) is 0. The summed E-state index contributed by atoms with van der Waals surface area (Å²) in [5.74, 6) is 1.35. The van der Waals surface area contributed by atoms with Crippen LogP contribution in [0.3, 0.4) is 0 Å². The minimum atomic E-state index is -0.0527. The van der Waals surface area contributed by atoms with Crippen molar-refractivity contribution in [1.82, 2.24) is 25.6 Å². The van der Waals surface area contributed by atoms with E-state index in [0.29, 0.717) is 18.3 Å². The van der Waals surface area contributed by atoms with Gasteiger partial charge in [0.2, 0.25) is 11.7 Å². The summed E-state index contributed by atoms with van der Waals surface area (Å²) < 4.78 is 0. The number of tetrazole rings is 1. The monoisotopic (exact) mass is 509 g/mol. The van der Waals surface area contributed by atoms with Gasteiger partial charge < -0.3 is 10.2 Å². The van der Waals surface area contributed by atoms with Gasteiger partial charge in [-0.2, -0.15) is 5.21 Å². The Labute approximate surface area is 223 Å². The zero-order valence-corrected chi connectivity index (χ0v) is 22.2. The molecule has 1 fully saturated rings. The number of H-pyrrole nitrogens is 1. The maximum atomic E-state index is 13.1. The van der Waals surface area contributed by atoms with Gasteiger partial charge in [-0.05, 0) is 43.0 Å². The number of nitrogens with zero attached hydrogens (tertiary/aromatic N) is 5. The van der Waals surface area contributed by atoms with Gasteiger partial charge >= 0.3 is 0 Å². The number of hydrogen-bond acceptors (Lipinski definition) is 6. The molecule has 8 nitrogen and oxygen atoms in total. The van der Waals surface area contributed by atoms with E-state index in [4.69, 9.17) is 4.98 Å². The van der Waals surface area contributed by atoms with Crippen molar-refractivity contribution in [2.75, 3.05) is 16.8 Å². The number of anilines is 2. The van der Waals surface area contributed by atoms with Gasteiger partial charge in [-0.1, -0.05) is 80.3 Å². The van der Waals surface area contributed by atoms with Crippen molar-refractivity contribution >= 4 is 17.4 Å². The van der Waals surface area contributed by atoms with E-state index in [1.165, 1.54) is 37.7 Å². The summed E-state index contributed by atoms with van der Waals surface area (Å²) in [6, 6.07) is 20.4. The molecule has 1 aliphatic rings. The molecule has 2 aromatic carbocycles. The van der Waals surface area contributed by atoms with Gasteiger partial charge in [-0.15, -0.1) is 10.2 Å². The summed E-state index contributed by atoms with van der Waals surface area (Å²) in [5.41, 5.74) is 5.40. The number of benzene rings is 2. The van der Waals surface area contributed by atoms with E-state index in [9.17, 15) is 4.79 Å². The lowest BCUT2D eigenvalue weighted by atomic mass is 9.94. The zero-order valence-electron chi connectivity index (χ0n) is 22.2. The lowest BCUT2D eigenvalue weighted by molar-refractivity contribution is -0.115. The molecule has 2 aromatic heterocycles. The Balaban J connectivity index is 1.53. The molecule has 0 atom stereocenters. The number of aromatic amines is 1. The van der Waals surface area contributed by atoms with E-state index in [0.717, 1.165) is 46.9 Å². The van der Waals surface area contributed by atoms with Crippen molar-refractivity contribution in [3.63, 3.8) is 0 Å². The van der Waals surface area contributed by atoms with Crippen molar-refractivity contribution in [1.29, 1.82) is 0 Å². The Kier molecular flexibility index (Phi) is 8.06. The third-order valence-electron chi connectivity index (χ3n) is 7.14. The number of pyridine rings is 1. The van der Waals surface area contributed by atoms with E-state index in [1.807, 2.05) is 67.6 Å². The number of aryl methyl sites for hydroxylation is 1. The van der Waals surface area contributed by atoms with Crippen LogP contribution in [0.1, 0.15) is 56.6 Å². The van der Waals surface area contributed by atoms with Gasteiger partial charge in [-0.3, -0.25) is 4.79 Å². The topological polar surface area (TPSA) is 99.7 Å². The second-order valence-corrected chi connectivity index (χ2v) is 10.1. The molecular weight excluding hydrogens is 474 g/mol. The number of nitrogens with one attached hydrogen (secondary N) is 2. The summed E-state index contributed by atoms with van der Waals surface area (Å²) in [6.07, 6.45) is 7.45. The fourth-order valence-corrected chi connectivity index (χ4v) is 5.26. The van der Waals surface area contributed by atoms with E-state index in [1.54, 1.807) is 0 Å². The molecule has 4 aromatic rings. The van der Waals surface area contributed by atoms with Crippen molar-refractivity contribution in [2.24, 2.45) is 0 Å². The molecule has 1 amide bonds. The standard InChI is InChI=1S/C30H35N7O/c1-3-17-37(24-9-5-4-6-10-24)28-20-23(31-29(38)18-22-15-13-21(2)14-16-22)19-27(32-28)25-11-7-8-12-26(25)30-33-35-36-34-30/h7-8,11-16,19-20,24H,3-6,9-10,17-18H2,1-2H3,(H,31,32,38)(H,33,34,35,36). The maximum absolute atomic E-state index is 13.1. The molecule has 196 valence electrons. The molecule has 1 saturated carbocycles. The van der Waals surface area contributed by atoms with E-state index in [-0.39, 0.29) is 5.91 Å². The van der Waals surface area contributed by atoms with Crippen molar-refractivity contribution in [2.45, 2.75) is 64.8 Å². The van der Waals surface area contributed by atoms with E-state index >= 15 is 0 Å². The number of aromatic nitrogens is 5. The Bertz CT molecular complexity index is 1350. The van der Waals surface area contributed by atoms with Crippen molar-refractivity contribution in [3.05, 3.63) is 71.8 Å². The molecular formula is C30H35N7O. The first-order valence-corrected chi connectivity index (χ1v) is 13.6. The van der Waals surface area contributed by atoms with Crippen LogP contribution >= 0.6 is 0 Å². The average Bonchev–Trinajstić information content (AvgIpc) is 3.48. The lowest BCUT2D eigenvalue weighted by Gasteiger charge is -2.35. The molecule has 5 rings (SSSR count). The minimum Gasteiger partial charge on any atom is -0.354 e. The van der Waals surface area contributed by atoms with E-state index in [2.05, 4.69) is 37.8 Å². The number of carbonyl (C=O) groups is 1. The molecule has 0 aliphatic heterocycles. The van der Waals surface area contributed by atoms with Gasteiger partial charge in [0.05, 0.1) is 12.1 Å². The van der Waals surface area contributed by atoms with Crippen molar-refractivity contribution < 1.29 is 4.79 Å². The SMILES string of the molecule is CCCN(c1cc(NC(=O)Cc2ccc(C)cc2)cc(-c2ccccc2-c2nn[nH]n2)n1)C1CCCCC1. The highest BCUT2D eigenvalue weighted by molar-refractivity contribution is 5.93. The molecule has 8 heteroatoms. The Morgan fingerprint density at radius 3 is 2.50 bits per heavy atom. The molecule has 0 radical (unpaired) electrons. The highest BCUT2D eigenvalue weighted by Gasteiger charge is 2.24. The molecule has 2 N–H and O–H groups in total. The van der Waals surface area contributed by atoms with Crippen LogP contribution in [0, 0.1) is 6.92 Å². The first kappa shape index (κ1) is 25.6. The van der Waals surface area contributed by atoms with Gasteiger partial charge in [0, 0.05) is 35.5 Å². The molecule has 0 spiro atoms. The highest BCUT2D eigenvalue weighted by atomic mass is 16.1. The molecule has 38 heavy (non-hydrogen) atoms. The number of amides is 1. The number of rotatable bonds is 9. The Morgan fingerprint density at radius 1 is 1.03 bits per heavy atom. The fourth-order valence-electron chi connectivity index (χ4n) is 5.26. The van der Waals surface area contributed by atoms with E-state index < -0.39 is 0 Å². The smallest absolute Gasteiger partial charge is 0.228 e. The third kappa shape index (κ3) is 6.07. The van der Waals surface area contributed by atoms with Crippen LogP contribution < -0.4 is 10.2 Å². The van der Waals surface area contributed by atoms with Gasteiger partial charge in [0.15, 0.2) is 0 Å². The first-order valence-electron chi connectivity index (χ1n) is 13.6.